The Kier molecular flexibility index (Phi) is 4.13. The second kappa shape index (κ2) is 6.00. The van der Waals surface area contributed by atoms with E-state index in [2.05, 4.69) is 4.98 Å². The highest BCUT2D eigenvalue weighted by atomic mass is 16.5. The van der Waals surface area contributed by atoms with E-state index in [1.807, 2.05) is 19.1 Å². The number of pyridine rings is 1. The average Bonchev–Trinajstić information content (AvgIpc) is 2.47. The van der Waals surface area contributed by atoms with Gasteiger partial charge >= 0.3 is 0 Å². The molecule has 2 aromatic rings. The number of rotatable bonds is 5. The van der Waals surface area contributed by atoms with E-state index in [0.717, 1.165) is 0 Å². The van der Waals surface area contributed by atoms with Crippen LogP contribution in [0.4, 0.5) is 0 Å². The van der Waals surface area contributed by atoms with Gasteiger partial charge in [0.25, 0.3) is 0 Å². The van der Waals surface area contributed by atoms with Crippen LogP contribution < -0.4 is 9.47 Å². The van der Waals surface area contributed by atoms with Gasteiger partial charge in [-0.25, -0.2) is 0 Å². The van der Waals surface area contributed by atoms with Gasteiger partial charge in [-0.1, -0.05) is 12.1 Å². The third-order valence-electron chi connectivity index (χ3n) is 2.68. The molecule has 0 spiro atoms. The quantitative estimate of drug-likeness (QED) is 0.773. The zero-order valence-corrected chi connectivity index (χ0v) is 10.9. The predicted molar refractivity (Wildman–Crippen MR) is 71.8 cm³/mol. The molecule has 0 radical (unpaired) electrons. The smallest absolute Gasteiger partial charge is 0.200 e. The minimum Gasteiger partial charge on any atom is -0.494 e. The standard InChI is InChI=1S/C15H15NO3/c1-3-19-13-7-5-4-6-11(13)15(17)12-8-9-16-10-14(12)18-2/h4-10H,3H2,1-2H3. The number of hydrogen-bond donors (Lipinski definition) is 0. The van der Waals surface area contributed by atoms with Crippen LogP contribution in [0, 0.1) is 0 Å². The maximum Gasteiger partial charge on any atom is 0.200 e. The van der Waals surface area contributed by atoms with E-state index in [9.17, 15) is 4.79 Å². The van der Waals surface area contributed by atoms with Crippen LogP contribution in [0.15, 0.2) is 42.7 Å². The number of para-hydroxylation sites is 1. The largest absolute Gasteiger partial charge is 0.494 e. The number of ketones is 1. The van der Waals surface area contributed by atoms with Crippen molar-refractivity contribution in [2.45, 2.75) is 6.92 Å². The molecule has 1 heterocycles. The Bertz CT molecular complexity index is 581. The fourth-order valence-corrected chi connectivity index (χ4v) is 1.81. The highest BCUT2D eigenvalue weighted by molar-refractivity contribution is 6.12. The van der Waals surface area contributed by atoms with Crippen LogP contribution in [-0.2, 0) is 0 Å². The van der Waals surface area contributed by atoms with Crippen molar-refractivity contribution in [1.29, 1.82) is 0 Å². The summed E-state index contributed by atoms with van der Waals surface area (Å²) in [6.07, 6.45) is 3.09. The predicted octanol–water partition coefficient (Wildman–Crippen LogP) is 2.72. The molecule has 4 nitrogen and oxygen atoms in total. The van der Waals surface area contributed by atoms with E-state index in [1.54, 1.807) is 24.4 Å². The average molecular weight is 257 g/mol. The number of benzene rings is 1. The number of ether oxygens (including phenoxy) is 2. The molecule has 2 rings (SSSR count). The van der Waals surface area contributed by atoms with E-state index in [1.165, 1.54) is 13.3 Å². The van der Waals surface area contributed by atoms with Crippen LogP contribution >= 0.6 is 0 Å². The number of hydrogen-bond acceptors (Lipinski definition) is 4. The summed E-state index contributed by atoms with van der Waals surface area (Å²) in [5, 5.41) is 0. The van der Waals surface area contributed by atoms with E-state index in [4.69, 9.17) is 9.47 Å². The second-order valence-electron chi connectivity index (χ2n) is 3.83. The Morgan fingerprint density at radius 2 is 1.89 bits per heavy atom. The molecule has 1 aromatic heterocycles. The zero-order chi connectivity index (χ0) is 13.7. The molecule has 0 saturated heterocycles. The molecule has 0 saturated carbocycles. The van der Waals surface area contributed by atoms with Crippen LogP contribution in [0.2, 0.25) is 0 Å². The molecule has 0 aliphatic rings. The molecule has 0 amide bonds. The summed E-state index contributed by atoms with van der Waals surface area (Å²) < 4.78 is 10.6. The molecule has 98 valence electrons. The van der Waals surface area contributed by atoms with Gasteiger partial charge in [-0.2, -0.15) is 0 Å². The number of aromatic nitrogens is 1. The fourth-order valence-electron chi connectivity index (χ4n) is 1.81. The van der Waals surface area contributed by atoms with E-state index in [-0.39, 0.29) is 5.78 Å². The maximum absolute atomic E-state index is 12.5. The normalized spacial score (nSPS) is 10.0. The Labute approximate surface area is 112 Å². The summed E-state index contributed by atoms with van der Waals surface area (Å²) >= 11 is 0. The van der Waals surface area contributed by atoms with Gasteiger partial charge in [0.2, 0.25) is 5.78 Å². The van der Waals surface area contributed by atoms with Crippen molar-refractivity contribution in [1.82, 2.24) is 4.98 Å². The molecule has 0 N–H and O–H groups in total. The Balaban J connectivity index is 2.44. The van der Waals surface area contributed by atoms with Crippen LogP contribution in [-0.4, -0.2) is 24.5 Å². The van der Waals surface area contributed by atoms with Gasteiger partial charge in [0.05, 0.1) is 31.0 Å². The van der Waals surface area contributed by atoms with Gasteiger partial charge in [0.1, 0.15) is 11.5 Å². The lowest BCUT2D eigenvalue weighted by molar-refractivity contribution is 0.103. The van der Waals surface area contributed by atoms with Crippen molar-refractivity contribution < 1.29 is 14.3 Å². The minimum atomic E-state index is -0.136. The molecular formula is C15H15NO3. The second-order valence-corrected chi connectivity index (χ2v) is 3.83. The van der Waals surface area contributed by atoms with Gasteiger partial charge < -0.3 is 9.47 Å². The third kappa shape index (κ3) is 2.73. The Morgan fingerprint density at radius 1 is 1.16 bits per heavy atom. The molecule has 19 heavy (non-hydrogen) atoms. The summed E-state index contributed by atoms with van der Waals surface area (Å²) in [5.74, 6) is 0.899. The first-order chi connectivity index (χ1) is 9.27. The number of carbonyl (C=O) groups is 1. The monoisotopic (exact) mass is 257 g/mol. The molecule has 0 fully saturated rings. The summed E-state index contributed by atoms with van der Waals surface area (Å²) in [6, 6.07) is 8.82. The summed E-state index contributed by atoms with van der Waals surface area (Å²) in [4.78, 5) is 16.5. The highest BCUT2D eigenvalue weighted by Crippen LogP contribution is 2.25. The van der Waals surface area contributed by atoms with Crippen LogP contribution in [0.5, 0.6) is 11.5 Å². The first kappa shape index (κ1) is 13.1. The molecule has 0 bridgehead atoms. The van der Waals surface area contributed by atoms with E-state index >= 15 is 0 Å². The van der Waals surface area contributed by atoms with Gasteiger partial charge in [-0.15, -0.1) is 0 Å². The molecule has 0 unspecified atom stereocenters. The van der Waals surface area contributed by atoms with Crippen molar-refractivity contribution in [3.63, 3.8) is 0 Å². The molecule has 0 atom stereocenters. The zero-order valence-electron chi connectivity index (χ0n) is 10.9. The van der Waals surface area contributed by atoms with E-state index in [0.29, 0.717) is 29.2 Å². The first-order valence-electron chi connectivity index (χ1n) is 6.02. The van der Waals surface area contributed by atoms with E-state index < -0.39 is 0 Å². The highest BCUT2D eigenvalue weighted by Gasteiger charge is 2.17. The lowest BCUT2D eigenvalue weighted by atomic mass is 10.0. The third-order valence-corrected chi connectivity index (χ3v) is 2.68. The van der Waals surface area contributed by atoms with Gasteiger partial charge in [0, 0.05) is 6.20 Å². The summed E-state index contributed by atoms with van der Waals surface area (Å²) in [7, 11) is 1.52. The molecule has 0 aliphatic carbocycles. The van der Waals surface area contributed by atoms with Crippen molar-refractivity contribution in [3.8, 4) is 11.5 Å². The number of methoxy groups -OCH3 is 1. The number of nitrogens with zero attached hydrogens (tertiary/aromatic N) is 1. The van der Waals surface area contributed by atoms with Gasteiger partial charge in [-0.05, 0) is 25.1 Å². The maximum atomic E-state index is 12.5. The lowest BCUT2D eigenvalue weighted by Gasteiger charge is -2.10. The minimum absolute atomic E-state index is 0.136. The first-order valence-corrected chi connectivity index (χ1v) is 6.02. The summed E-state index contributed by atoms with van der Waals surface area (Å²) in [6.45, 7) is 2.39. The lowest BCUT2D eigenvalue weighted by Crippen LogP contribution is -2.07. The van der Waals surface area contributed by atoms with Crippen molar-refractivity contribution in [3.05, 3.63) is 53.9 Å². The van der Waals surface area contributed by atoms with Crippen LogP contribution in [0.25, 0.3) is 0 Å². The Hall–Kier alpha value is -2.36. The SMILES string of the molecule is CCOc1ccccc1C(=O)c1ccncc1OC. The Morgan fingerprint density at radius 3 is 2.63 bits per heavy atom. The summed E-state index contributed by atoms with van der Waals surface area (Å²) in [5.41, 5.74) is 0.999. The van der Waals surface area contributed by atoms with Crippen molar-refractivity contribution in [2.75, 3.05) is 13.7 Å². The van der Waals surface area contributed by atoms with Crippen molar-refractivity contribution >= 4 is 5.78 Å². The number of carbonyl (C=O) groups excluding carboxylic acids is 1. The van der Waals surface area contributed by atoms with Gasteiger partial charge in [0.15, 0.2) is 0 Å². The topological polar surface area (TPSA) is 48.4 Å². The molecule has 0 aliphatic heterocycles. The molecule has 4 heteroatoms. The van der Waals surface area contributed by atoms with Crippen LogP contribution in [0.3, 0.4) is 0 Å². The van der Waals surface area contributed by atoms with Gasteiger partial charge in [-0.3, -0.25) is 9.78 Å². The molecular weight excluding hydrogens is 242 g/mol. The van der Waals surface area contributed by atoms with Crippen LogP contribution in [0.1, 0.15) is 22.8 Å². The fraction of sp³-hybridized carbons (Fsp3) is 0.200. The molecule has 1 aromatic carbocycles. The van der Waals surface area contributed by atoms with Crippen molar-refractivity contribution in [2.24, 2.45) is 0 Å².